The average molecular weight is 422 g/mol. The lowest BCUT2D eigenvalue weighted by molar-refractivity contribution is 0.378. The van der Waals surface area contributed by atoms with Crippen LogP contribution in [0.25, 0.3) is 0 Å². The third-order valence-corrected chi connectivity index (χ3v) is 6.06. The van der Waals surface area contributed by atoms with Crippen LogP contribution >= 0.6 is 27.3 Å². The number of rotatable bonds is 4. The quantitative estimate of drug-likeness (QED) is 0.607. The van der Waals surface area contributed by atoms with Crippen LogP contribution in [0.5, 0.6) is 0 Å². The highest BCUT2D eigenvalue weighted by Gasteiger charge is 2.24. The van der Waals surface area contributed by atoms with Crippen molar-refractivity contribution in [3.05, 3.63) is 45.9 Å². The summed E-state index contributed by atoms with van der Waals surface area (Å²) in [5.41, 5.74) is 7.44. The zero-order valence-corrected chi connectivity index (χ0v) is 17.1. The summed E-state index contributed by atoms with van der Waals surface area (Å²) in [6.07, 6.45) is 1.85. The van der Waals surface area contributed by atoms with E-state index in [1.54, 1.807) is 11.3 Å². The van der Waals surface area contributed by atoms with Crippen LogP contribution in [0, 0.1) is 0 Å². The number of nitrogens with zero attached hydrogens (tertiary/aromatic N) is 4. The van der Waals surface area contributed by atoms with E-state index in [1.807, 2.05) is 17.6 Å². The summed E-state index contributed by atoms with van der Waals surface area (Å²) < 4.78 is 1.12. The molecular formula is C18H24BrN5S. The molecule has 2 heterocycles. The lowest BCUT2D eigenvalue weighted by Gasteiger charge is -2.35. The minimum absolute atomic E-state index is 0.0760. The fraction of sp³-hybridized carbons (Fsp3) is 0.444. The maximum Gasteiger partial charge on any atom is 0.191 e. The van der Waals surface area contributed by atoms with Crippen molar-refractivity contribution in [1.82, 2.24) is 9.88 Å². The normalized spacial score (nSPS) is 16.4. The molecule has 1 aliphatic heterocycles. The molecule has 134 valence electrons. The maximum absolute atomic E-state index is 6.27. The molecule has 0 aliphatic carbocycles. The molecule has 0 radical (unpaired) electrons. The van der Waals surface area contributed by atoms with Gasteiger partial charge in [-0.05, 0) is 11.6 Å². The molecule has 1 aromatic carbocycles. The zero-order chi connectivity index (χ0) is 17.9. The highest BCUT2D eigenvalue weighted by Crippen LogP contribution is 2.30. The molecule has 2 N–H and O–H groups in total. The number of aliphatic imine (C=N–C) groups is 1. The predicted octanol–water partition coefficient (Wildman–Crippen LogP) is 3.32. The van der Waals surface area contributed by atoms with Crippen molar-refractivity contribution in [3.63, 3.8) is 0 Å². The van der Waals surface area contributed by atoms with Crippen LogP contribution in [0.4, 0.5) is 5.13 Å². The number of nitrogens with two attached hydrogens (primary N) is 1. The highest BCUT2D eigenvalue weighted by molar-refractivity contribution is 9.10. The smallest absolute Gasteiger partial charge is 0.191 e. The molecule has 1 fully saturated rings. The van der Waals surface area contributed by atoms with Gasteiger partial charge in [-0.25, -0.2) is 4.98 Å². The molecule has 0 saturated carbocycles. The predicted molar refractivity (Wildman–Crippen MR) is 110 cm³/mol. The second kappa shape index (κ2) is 7.74. The first-order valence-electron chi connectivity index (χ1n) is 8.42. The molecule has 0 atom stereocenters. The minimum Gasteiger partial charge on any atom is -0.370 e. The lowest BCUT2D eigenvalue weighted by atomic mass is 9.85. The molecule has 0 bridgehead atoms. The van der Waals surface area contributed by atoms with Crippen molar-refractivity contribution in [3.8, 4) is 0 Å². The summed E-state index contributed by atoms with van der Waals surface area (Å²) in [5, 5.41) is 3.10. The van der Waals surface area contributed by atoms with Crippen molar-refractivity contribution < 1.29 is 0 Å². The average Bonchev–Trinajstić information content (AvgIpc) is 3.15. The van der Waals surface area contributed by atoms with Crippen molar-refractivity contribution in [1.29, 1.82) is 0 Å². The van der Waals surface area contributed by atoms with E-state index < -0.39 is 0 Å². The van der Waals surface area contributed by atoms with E-state index in [-0.39, 0.29) is 5.41 Å². The van der Waals surface area contributed by atoms with E-state index in [9.17, 15) is 0 Å². The summed E-state index contributed by atoms with van der Waals surface area (Å²) in [5.74, 6) is 0.638. The molecular weight excluding hydrogens is 398 g/mol. The SMILES string of the molecule is CC(C)(CN=C(N)N1CCN(c2nccs2)CC1)c1ccccc1Br. The second-order valence-electron chi connectivity index (χ2n) is 6.83. The number of hydrogen-bond donors (Lipinski definition) is 1. The first kappa shape index (κ1) is 18.2. The fourth-order valence-corrected chi connectivity index (χ4v) is 4.49. The van der Waals surface area contributed by atoms with Crippen molar-refractivity contribution in [2.45, 2.75) is 19.3 Å². The van der Waals surface area contributed by atoms with E-state index in [0.717, 1.165) is 35.8 Å². The topological polar surface area (TPSA) is 57.8 Å². The summed E-state index contributed by atoms with van der Waals surface area (Å²) in [7, 11) is 0. The van der Waals surface area contributed by atoms with Gasteiger partial charge in [0.1, 0.15) is 0 Å². The first-order chi connectivity index (χ1) is 12.0. The van der Waals surface area contributed by atoms with Gasteiger partial charge >= 0.3 is 0 Å². The molecule has 2 aromatic rings. The summed E-state index contributed by atoms with van der Waals surface area (Å²) in [6, 6.07) is 8.31. The van der Waals surface area contributed by atoms with Crippen molar-refractivity contribution >= 4 is 38.4 Å². The number of piperazine rings is 1. The third kappa shape index (κ3) is 4.33. The van der Waals surface area contributed by atoms with Gasteiger partial charge < -0.3 is 15.5 Å². The lowest BCUT2D eigenvalue weighted by Crippen LogP contribution is -2.51. The van der Waals surface area contributed by atoms with Gasteiger partial charge in [0, 0.05) is 47.6 Å². The molecule has 1 saturated heterocycles. The van der Waals surface area contributed by atoms with Gasteiger partial charge in [-0.15, -0.1) is 11.3 Å². The fourth-order valence-electron chi connectivity index (χ4n) is 2.97. The van der Waals surface area contributed by atoms with Gasteiger partial charge in [0.25, 0.3) is 0 Å². The molecule has 25 heavy (non-hydrogen) atoms. The molecule has 3 rings (SSSR count). The van der Waals surface area contributed by atoms with Crippen LogP contribution in [-0.2, 0) is 5.41 Å². The minimum atomic E-state index is -0.0760. The largest absolute Gasteiger partial charge is 0.370 e. The van der Waals surface area contributed by atoms with Crippen LogP contribution < -0.4 is 10.6 Å². The van der Waals surface area contributed by atoms with Crippen LogP contribution in [-0.4, -0.2) is 48.6 Å². The van der Waals surface area contributed by atoms with Gasteiger partial charge in [0.05, 0.1) is 6.54 Å². The standard InChI is InChI=1S/C18H24BrN5S/c1-18(2,14-5-3-4-6-15(14)19)13-22-16(20)23-8-10-24(11-9-23)17-21-7-12-25-17/h3-7,12H,8-11,13H2,1-2H3,(H2,20,22). The van der Waals surface area contributed by atoms with E-state index in [1.165, 1.54) is 5.56 Å². The van der Waals surface area contributed by atoms with Gasteiger partial charge in [0.15, 0.2) is 11.1 Å². The Morgan fingerprint density at radius 1 is 1.28 bits per heavy atom. The Balaban J connectivity index is 1.60. The number of aromatic nitrogens is 1. The molecule has 7 heteroatoms. The summed E-state index contributed by atoms with van der Waals surface area (Å²) >= 11 is 5.32. The number of thiazole rings is 1. The van der Waals surface area contributed by atoms with E-state index >= 15 is 0 Å². The van der Waals surface area contributed by atoms with Crippen LogP contribution in [0.2, 0.25) is 0 Å². The Bertz CT molecular complexity index is 721. The van der Waals surface area contributed by atoms with E-state index in [2.05, 4.69) is 62.8 Å². The number of benzene rings is 1. The Hall–Kier alpha value is -1.60. The zero-order valence-electron chi connectivity index (χ0n) is 14.7. The van der Waals surface area contributed by atoms with Gasteiger partial charge in [-0.2, -0.15) is 0 Å². The Morgan fingerprint density at radius 2 is 2.00 bits per heavy atom. The summed E-state index contributed by atoms with van der Waals surface area (Å²) in [6.45, 7) is 8.67. The molecule has 0 amide bonds. The number of guanidine groups is 1. The molecule has 5 nitrogen and oxygen atoms in total. The monoisotopic (exact) mass is 421 g/mol. The van der Waals surface area contributed by atoms with Crippen LogP contribution in [0.1, 0.15) is 19.4 Å². The van der Waals surface area contributed by atoms with Crippen molar-refractivity contribution in [2.75, 3.05) is 37.6 Å². The van der Waals surface area contributed by atoms with E-state index in [0.29, 0.717) is 12.5 Å². The number of hydrogen-bond acceptors (Lipinski definition) is 4. The third-order valence-electron chi connectivity index (χ3n) is 4.53. The number of halogens is 1. The summed E-state index contributed by atoms with van der Waals surface area (Å²) in [4.78, 5) is 13.5. The van der Waals surface area contributed by atoms with Gasteiger partial charge in [-0.3, -0.25) is 4.99 Å². The van der Waals surface area contributed by atoms with E-state index in [4.69, 9.17) is 10.7 Å². The Kier molecular flexibility index (Phi) is 5.64. The maximum atomic E-state index is 6.27. The molecule has 0 spiro atoms. The molecule has 1 aromatic heterocycles. The van der Waals surface area contributed by atoms with Crippen LogP contribution in [0.15, 0.2) is 45.3 Å². The highest BCUT2D eigenvalue weighted by atomic mass is 79.9. The van der Waals surface area contributed by atoms with Gasteiger partial charge in [-0.1, -0.05) is 48.0 Å². The molecule has 0 unspecified atom stereocenters. The van der Waals surface area contributed by atoms with Crippen LogP contribution in [0.3, 0.4) is 0 Å². The first-order valence-corrected chi connectivity index (χ1v) is 10.1. The second-order valence-corrected chi connectivity index (χ2v) is 8.55. The Morgan fingerprint density at radius 3 is 2.64 bits per heavy atom. The Labute approximate surface area is 161 Å². The van der Waals surface area contributed by atoms with Crippen molar-refractivity contribution in [2.24, 2.45) is 10.7 Å². The van der Waals surface area contributed by atoms with Gasteiger partial charge in [0.2, 0.25) is 0 Å². The molecule has 1 aliphatic rings. The number of anilines is 1.